The van der Waals surface area contributed by atoms with E-state index in [1.807, 2.05) is 13.8 Å². The van der Waals surface area contributed by atoms with Gasteiger partial charge in [-0.25, -0.2) is 0 Å². The Kier molecular flexibility index (Phi) is 8.01. The summed E-state index contributed by atoms with van der Waals surface area (Å²) in [6.45, 7) is 14.4. The summed E-state index contributed by atoms with van der Waals surface area (Å²) in [4.78, 5) is 52.1. The third-order valence-corrected chi connectivity index (χ3v) is 10.8. The van der Waals surface area contributed by atoms with Gasteiger partial charge in [0.1, 0.15) is 22.8 Å². The van der Waals surface area contributed by atoms with E-state index in [2.05, 4.69) is 0 Å². The number of carbonyl (C=O) groups excluding carboxylic acids is 4. The van der Waals surface area contributed by atoms with Crippen LogP contribution in [0.5, 0.6) is 5.75 Å². The maximum absolute atomic E-state index is 14.4. The average molecular weight is 613 g/mol. The molecule has 240 valence electrons. The van der Waals surface area contributed by atoms with Crippen molar-refractivity contribution in [2.45, 2.75) is 98.2 Å². The zero-order valence-corrected chi connectivity index (χ0v) is 26.9. The fraction of sp³-hybridized carbons (Fsp3) is 0.588. The number of esters is 1. The molecule has 3 aliphatic carbocycles. The maximum Gasteiger partial charge on any atom is 0.302 e. The van der Waals surface area contributed by atoms with Gasteiger partial charge in [0, 0.05) is 29.2 Å². The predicted octanol–water partition coefficient (Wildman–Crippen LogP) is 4.50. The van der Waals surface area contributed by atoms with Crippen molar-refractivity contribution < 1.29 is 49.4 Å². The van der Waals surface area contributed by atoms with Crippen LogP contribution in [-0.2, 0) is 24.5 Å². The number of hydrogen-bond acceptors (Lipinski definition) is 10. The van der Waals surface area contributed by atoms with Gasteiger partial charge in [0.15, 0.2) is 17.2 Å². The summed E-state index contributed by atoms with van der Waals surface area (Å²) in [6, 6.07) is 3.41. The molecular weight excluding hydrogens is 568 g/mol. The molecule has 0 fully saturated rings. The Morgan fingerprint density at radius 3 is 2.18 bits per heavy atom. The van der Waals surface area contributed by atoms with Crippen molar-refractivity contribution in [3.8, 4) is 5.75 Å². The molecule has 5 N–H and O–H groups in total. The van der Waals surface area contributed by atoms with Gasteiger partial charge >= 0.3 is 5.97 Å². The molecule has 0 radical (unpaired) electrons. The Morgan fingerprint density at radius 1 is 1.07 bits per heavy atom. The van der Waals surface area contributed by atoms with Crippen molar-refractivity contribution in [3.05, 3.63) is 51.5 Å². The number of benzene rings is 1. The largest absolute Gasteiger partial charge is 0.511 e. The van der Waals surface area contributed by atoms with Gasteiger partial charge in [0.2, 0.25) is 5.78 Å². The summed E-state index contributed by atoms with van der Waals surface area (Å²) in [7, 11) is 0. The van der Waals surface area contributed by atoms with Crippen molar-refractivity contribution in [2.24, 2.45) is 22.7 Å². The number of phenols is 1. The van der Waals surface area contributed by atoms with Crippen LogP contribution >= 0.6 is 0 Å². The van der Waals surface area contributed by atoms with Crippen LogP contribution in [0.4, 0.5) is 0 Å². The first kappa shape index (κ1) is 33.4. The Hall–Kier alpha value is -3.50. The van der Waals surface area contributed by atoms with E-state index in [4.69, 9.17) is 4.74 Å². The van der Waals surface area contributed by atoms with E-state index in [9.17, 15) is 44.7 Å². The summed E-state index contributed by atoms with van der Waals surface area (Å²) >= 11 is 0. The highest BCUT2D eigenvalue weighted by Gasteiger charge is 2.76. The number of fused-ring (bicyclic) bond motifs is 3. The summed E-state index contributed by atoms with van der Waals surface area (Å²) in [5.74, 6) is -7.68. The molecular formula is C34H44O10. The van der Waals surface area contributed by atoms with E-state index in [1.165, 1.54) is 13.8 Å². The molecule has 0 saturated heterocycles. The molecule has 3 aliphatic rings. The first-order chi connectivity index (χ1) is 20.1. The Balaban J connectivity index is 1.98. The molecule has 0 saturated carbocycles. The summed E-state index contributed by atoms with van der Waals surface area (Å²) in [5, 5.41) is 59.3. The number of aromatic hydroxyl groups is 1. The zero-order valence-electron chi connectivity index (χ0n) is 26.9. The number of allylic oxidation sites excluding steroid dienone is 1. The fourth-order valence-electron chi connectivity index (χ4n) is 8.35. The minimum absolute atomic E-state index is 0.115. The molecule has 0 amide bonds. The number of carbonyl (C=O) groups is 4. The third kappa shape index (κ3) is 4.13. The van der Waals surface area contributed by atoms with Gasteiger partial charge in [0.25, 0.3) is 0 Å². The monoisotopic (exact) mass is 612 g/mol. The SMILES string of the molecule is CC(=O)OCCCC(C)(C)c1ccc2c(c1O)C(=O)C1=C(O)[C@@]3(O)C(=O)C(C(C)=O)=C(O)C(C(C)C)[C@@]3(C)[C@H](O)[C@@]1(C)[C@@H]2C. The highest BCUT2D eigenvalue weighted by Crippen LogP contribution is 2.67. The van der Waals surface area contributed by atoms with Crippen molar-refractivity contribution in [1.29, 1.82) is 0 Å². The van der Waals surface area contributed by atoms with Gasteiger partial charge in [0.05, 0.1) is 23.8 Å². The molecule has 4 rings (SSSR count). The van der Waals surface area contributed by atoms with E-state index in [0.29, 0.717) is 24.0 Å². The number of Topliss-reactive ketones (excluding diaryl/α,β-unsaturated/α-hetero) is 3. The lowest BCUT2D eigenvalue weighted by molar-refractivity contribution is -0.211. The number of hydrogen-bond donors (Lipinski definition) is 5. The van der Waals surface area contributed by atoms with Crippen LogP contribution in [0.3, 0.4) is 0 Å². The number of ether oxygens (including phenoxy) is 1. The van der Waals surface area contributed by atoms with Crippen molar-refractivity contribution in [1.82, 2.24) is 0 Å². The van der Waals surface area contributed by atoms with Gasteiger partial charge in [-0.15, -0.1) is 0 Å². The molecule has 0 heterocycles. The molecule has 1 aromatic rings. The standard InChI is InChI=1S/C34H44O10/c1-15(2)23-26(38)21(17(4)35)28(40)34(43)29(41)24-27(39)22-19(16(3)32(24,8)30(42)33(23,34)9)11-12-20(25(22)37)31(6,7)13-10-14-44-18(5)36/h11-12,15-16,23,30,37-38,41-43H,10,13-14H2,1-9H3/t16-,23?,30-,32+,33+,34+/m1/s1. The topological polar surface area (TPSA) is 179 Å². The minimum Gasteiger partial charge on any atom is -0.511 e. The van der Waals surface area contributed by atoms with Gasteiger partial charge in [-0.1, -0.05) is 60.6 Å². The number of phenolic OH excluding ortho intramolecular Hbond substituents is 1. The van der Waals surface area contributed by atoms with Crippen molar-refractivity contribution in [2.75, 3.05) is 6.61 Å². The number of ketones is 3. The minimum atomic E-state index is -2.93. The van der Waals surface area contributed by atoms with Crippen molar-refractivity contribution >= 4 is 23.3 Å². The predicted molar refractivity (Wildman–Crippen MR) is 160 cm³/mol. The van der Waals surface area contributed by atoms with Crippen LogP contribution in [0.25, 0.3) is 0 Å². The molecule has 44 heavy (non-hydrogen) atoms. The second-order valence-electron chi connectivity index (χ2n) is 14.1. The van der Waals surface area contributed by atoms with Gasteiger partial charge in [-0.3, -0.25) is 19.2 Å². The lowest BCUT2D eigenvalue weighted by Gasteiger charge is -2.63. The second-order valence-corrected chi connectivity index (χ2v) is 14.1. The smallest absolute Gasteiger partial charge is 0.302 e. The first-order valence-corrected chi connectivity index (χ1v) is 15.0. The molecule has 6 atom stereocenters. The van der Waals surface area contributed by atoms with E-state index in [1.54, 1.807) is 39.8 Å². The van der Waals surface area contributed by atoms with Crippen molar-refractivity contribution in [3.63, 3.8) is 0 Å². The fourth-order valence-corrected chi connectivity index (χ4v) is 8.35. The zero-order chi connectivity index (χ0) is 33.5. The van der Waals surface area contributed by atoms with Gasteiger partial charge in [-0.05, 0) is 42.6 Å². The van der Waals surface area contributed by atoms with E-state index in [0.717, 1.165) is 6.92 Å². The summed E-state index contributed by atoms with van der Waals surface area (Å²) < 4.78 is 5.03. The number of aliphatic hydroxyl groups is 4. The molecule has 10 heteroatoms. The Labute approximate surface area is 257 Å². The van der Waals surface area contributed by atoms with Crippen LogP contribution in [0.2, 0.25) is 0 Å². The number of aliphatic hydroxyl groups excluding tert-OH is 3. The molecule has 0 spiro atoms. The van der Waals surface area contributed by atoms with Gasteiger partial charge in [-0.2, -0.15) is 0 Å². The average Bonchev–Trinajstić information content (AvgIpc) is 2.91. The second kappa shape index (κ2) is 10.5. The maximum atomic E-state index is 14.4. The van der Waals surface area contributed by atoms with Gasteiger partial charge < -0.3 is 30.3 Å². The van der Waals surface area contributed by atoms with Crippen LogP contribution in [0.1, 0.15) is 103 Å². The highest BCUT2D eigenvalue weighted by atomic mass is 16.5. The molecule has 1 unspecified atom stereocenters. The van der Waals surface area contributed by atoms with E-state index >= 15 is 0 Å². The first-order valence-electron chi connectivity index (χ1n) is 15.0. The molecule has 1 aromatic carbocycles. The van der Waals surface area contributed by atoms with E-state index in [-0.39, 0.29) is 17.9 Å². The molecule has 0 aliphatic heterocycles. The normalized spacial score (nSPS) is 32.0. The molecule has 0 bridgehead atoms. The van der Waals surface area contributed by atoms with Crippen LogP contribution < -0.4 is 0 Å². The number of rotatable bonds is 7. The van der Waals surface area contributed by atoms with Crippen LogP contribution in [0, 0.1) is 22.7 Å². The quantitative estimate of drug-likeness (QED) is 0.167. The highest BCUT2D eigenvalue weighted by molar-refractivity contribution is 6.25. The summed E-state index contributed by atoms with van der Waals surface area (Å²) in [6.07, 6.45) is -0.689. The Morgan fingerprint density at radius 2 is 1.66 bits per heavy atom. The third-order valence-electron chi connectivity index (χ3n) is 10.8. The lowest BCUT2D eigenvalue weighted by Crippen LogP contribution is -2.73. The van der Waals surface area contributed by atoms with Crippen LogP contribution in [0.15, 0.2) is 34.8 Å². The Bertz CT molecular complexity index is 1530. The van der Waals surface area contributed by atoms with E-state index < -0.39 is 91.7 Å². The summed E-state index contributed by atoms with van der Waals surface area (Å²) in [5.41, 5.74) is -7.53. The molecule has 0 aromatic heterocycles. The molecule has 10 nitrogen and oxygen atoms in total. The van der Waals surface area contributed by atoms with Crippen LogP contribution in [-0.4, -0.2) is 67.2 Å². The lowest BCUT2D eigenvalue weighted by atomic mass is 9.41.